The van der Waals surface area contributed by atoms with Crippen molar-refractivity contribution in [2.24, 2.45) is 17.5 Å². The van der Waals surface area contributed by atoms with Gasteiger partial charge >= 0.3 is 0 Å². The minimum absolute atomic E-state index is 0.0687. The van der Waals surface area contributed by atoms with Gasteiger partial charge < -0.3 is 19.1 Å². The van der Waals surface area contributed by atoms with Gasteiger partial charge in [-0.15, -0.1) is 0 Å². The molecule has 4 aliphatic rings. The van der Waals surface area contributed by atoms with Gasteiger partial charge in [0.05, 0.1) is 12.2 Å². The van der Waals surface area contributed by atoms with E-state index < -0.39 is 0 Å². The molecule has 1 aliphatic carbocycles. The molecular weight excluding hydrogens is 360 g/mol. The van der Waals surface area contributed by atoms with Crippen molar-refractivity contribution in [2.75, 3.05) is 38.2 Å². The topological polar surface area (TPSA) is 82.4 Å². The molecule has 1 spiro atoms. The zero-order valence-corrected chi connectivity index (χ0v) is 16.1. The van der Waals surface area contributed by atoms with E-state index in [0.29, 0.717) is 30.7 Å². The summed E-state index contributed by atoms with van der Waals surface area (Å²) in [6.07, 6.45) is 6.64. The molecule has 3 aliphatic heterocycles. The molecule has 9 heteroatoms. The fraction of sp³-hybridized carbons (Fsp3) is 0.526. The summed E-state index contributed by atoms with van der Waals surface area (Å²) in [5, 5.41) is 1.34. The quantitative estimate of drug-likeness (QED) is 0.585. The highest BCUT2D eigenvalue weighted by Crippen LogP contribution is 2.53. The van der Waals surface area contributed by atoms with Gasteiger partial charge in [0.1, 0.15) is 18.5 Å². The van der Waals surface area contributed by atoms with Crippen LogP contribution in [0.3, 0.4) is 0 Å². The fourth-order valence-electron chi connectivity index (χ4n) is 4.23. The average molecular weight is 384 g/mol. The van der Waals surface area contributed by atoms with Gasteiger partial charge in [-0.2, -0.15) is 0 Å². The maximum absolute atomic E-state index is 13.0. The summed E-state index contributed by atoms with van der Waals surface area (Å²) in [6.45, 7) is 2.96. The van der Waals surface area contributed by atoms with E-state index in [9.17, 15) is 9.59 Å². The second-order valence-corrected chi connectivity index (χ2v) is 8.10. The van der Waals surface area contributed by atoms with Crippen molar-refractivity contribution >= 4 is 24.3 Å². The molecule has 0 radical (unpaired) electrons. The van der Waals surface area contributed by atoms with Crippen LogP contribution in [0.25, 0.3) is 0 Å². The molecule has 2 amide bonds. The van der Waals surface area contributed by atoms with Crippen LogP contribution in [0, 0.1) is 5.41 Å². The number of aliphatic imine (C=N–C) groups is 1. The molecule has 1 atom stereocenters. The highest BCUT2D eigenvalue weighted by molar-refractivity contribution is 5.96. The maximum atomic E-state index is 13.0. The Morgan fingerprint density at radius 2 is 2.21 bits per heavy atom. The third kappa shape index (κ3) is 2.69. The van der Waals surface area contributed by atoms with Crippen LogP contribution in [-0.4, -0.2) is 72.5 Å². The third-order valence-electron chi connectivity index (χ3n) is 6.01. The van der Waals surface area contributed by atoms with Crippen LogP contribution in [0.1, 0.15) is 23.3 Å². The molecule has 148 valence electrons. The fourth-order valence-corrected chi connectivity index (χ4v) is 4.23. The highest BCUT2D eigenvalue weighted by Gasteiger charge is 2.54. The number of fused-ring (bicyclic) bond motifs is 1. The molecule has 1 aromatic heterocycles. The number of allylic oxidation sites excluding steroid dienone is 1. The molecule has 0 aromatic carbocycles. The van der Waals surface area contributed by atoms with Crippen LogP contribution in [0.5, 0.6) is 5.75 Å². The Kier molecular flexibility index (Phi) is 3.77. The second kappa shape index (κ2) is 6.10. The number of carbonyl (C=O) groups excluding carboxylic acids is 2. The van der Waals surface area contributed by atoms with Crippen molar-refractivity contribution in [3.05, 3.63) is 23.5 Å². The Labute approximate surface area is 163 Å². The molecule has 0 bridgehead atoms. The molecular formula is C19H24N6O3. The van der Waals surface area contributed by atoms with E-state index in [0.717, 1.165) is 30.4 Å². The molecule has 1 saturated carbocycles. The van der Waals surface area contributed by atoms with Crippen LogP contribution in [0.2, 0.25) is 0 Å². The normalized spacial score (nSPS) is 23.8. The van der Waals surface area contributed by atoms with Crippen molar-refractivity contribution in [1.29, 1.82) is 0 Å². The molecule has 4 heterocycles. The highest BCUT2D eigenvalue weighted by atomic mass is 16.5. The van der Waals surface area contributed by atoms with Gasteiger partial charge in [0.15, 0.2) is 11.6 Å². The van der Waals surface area contributed by atoms with E-state index in [-0.39, 0.29) is 12.1 Å². The van der Waals surface area contributed by atoms with Crippen molar-refractivity contribution in [1.82, 2.24) is 19.9 Å². The molecule has 28 heavy (non-hydrogen) atoms. The number of hydrazine groups is 1. The van der Waals surface area contributed by atoms with Crippen molar-refractivity contribution < 1.29 is 14.3 Å². The lowest BCUT2D eigenvalue weighted by Gasteiger charge is -2.40. The monoisotopic (exact) mass is 384 g/mol. The summed E-state index contributed by atoms with van der Waals surface area (Å²) in [6, 6.07) is 1.85. The summed E-state index contributed by atoms with van der Waals surface area (Å²) < 4.78 is 7.76. The predicted octanol–water partition coefficient (Wildman–Crippen LogP) is 0.347. The lowest BCUT2D eigenvalue weighted by molar-refractivity contribution is -0.119. The first kappa shape index (κ1) is 17.3. The number of nitrogens with zero attached hydrogens (tertiary/aromatic N) is 5. The number of nitrogens with one attached hydrogen (secondary N) is 1. The molecule has 9 nitrogen and oxygen atoms in total. The van der Waals surface area contributed by atoms with E-state index in [1.807, 2.05) is 28.7 Å². The molecule has 5 rings (SSSR count). The molecule has 1 aromatic rings. The first-order valence-corrected chi connectivity index (χ1v) is 9.58. The first-order valence-electron chi connectivity index (χ1n) is 9.58. The Morgan fingerprint density at radius 3 is 2.93 bits per heavy atom. The van der Waals surface area contributed by atoms with E-state index in [1.165, 1.54) is 17.9 Å². The van der Waals surface area contributed by atoms with Crippen LogP contribution in [0.15, 0.2) is 22.8 Å². The summed E-state index contributed by atoms with van der Waals surface area (Å²) >= 11 is 0. The number of likely N-dealkylation sites (tertiary alicyclic amines) is 1. The van der Waals surface area contributed by atoms with E-state index in [2.05, 4.69) is 15.3 Å². The number of ether oxygens (including phenoxy) is 1. The van der Waals surface area contributed by atoms with Gasteiger partial charge in [0.2, 0.25) is 6.41 Å². The van der Waals surface area contributed by atoms with Gasteiger partial charge in [-0.05, 0) is 18.9 Å². The van der Waals surface area contributed by atoms with Crippen molar-refractivity contribution in [2.45, 2.75) is 19.0 Å². The Balaban J connectivity index is 1.38. The summed E-state index contributed by atoms with van der Waals surface area (Å²) in [7, 11) is 3.54. The van der Waals surface area contributed by atoms with Gasteiger partial charge in [-0.25, -0.2) is 5.43 Å². The Morgan fingerprint density at radius 1 is 1.43 bits per heavy atom. The summed E-state index contributed by atoms with van der Waals surface area (Å²) in [4.78, 5) is 32.2. The molecule has 1 unspecified atom stereocenters. The SMILES string of the molecule is CN(C=O)NC1C=C(N2CCOc3cc(C(=O)N4CC5(CC5)C4)n(C)c32)C=N1. The van der Waals surface area contributed by atoms with Crippen LogP contribution >= 0.6 is 0 Å². The van der Waals surface area contributed by atoms with Crippen molar-refractivity contribution in [3.8, 4) is 5.75 Å². The number of aromatic nitrogens is 1. The van der Waals surface area contributed by atoms with Crippen LogP contribution in [0.4, 0.5) is 5.82 Å². The maximum Gasteiger partial charge on any atom is 0.270 e. The average Bonchev–Trinajstić information content (AvgIpc) is 3.23. The van der Waals surface area contributed by atoms with Gasteiger partial charge in [-0.3, -0.25) is 19.6 Å². The Hall–Kier alpha value is -2.81. The minimum atomic E-state index is -0.298. The smallest absolute Gasteiger partial charge is 0.270 e. The summed E-state index contributed by atoms with van der Waals surface area (Å²) in [5.74, 6) is 1.65. The number of amides is 2. The molecule has 1 saturated heterocycles. The van der Waals surface area contributed by atoms with Gasteiger partial charge in [0.25, 0.3) is 5.91 Å². The number of carbonyl (C=O) groups is 2. The van der Waals surface area contributed by atoms with E-state index in [1.54, 1.807) is 13.3 Å². The van der Waals surface area contributed by atoms with Gasteiger partial charge in [-0.1, -0.05) is 0 Å². The van der Waals surface area contributed by atoms with Crippen LogP contribution in [-0.2, 0) is 11.8 Å². The largest absolute Gasteiger partial charge is 0.488 e. The second-order valence-electron chi connectivity index (χ2n) is 8.10. The lowest BCUT2D eigenvalue weighted by atomic mass is 9.96. The zero-order chi connectivity index (χ0) is 19.5. The predicted molar refractivity (Wildman–Crippen MR) is 103 cm³/mol. The van der Waals surface area contributed by atoms with Crippen molar-refractivity contribution in [3.63, 3.8) is 0 Å². The minimum Gasteiger partial charge on any atom is -0.488 e. The standard InChI is InChI=1S/C19H24N6O3/c1-22(12-26)21-16-7-13(9-20-16)25-5-6-28-15-8-14(23(2)17(15)25)18(27)24-10-19(11-24)3-4-19/h7-9,12,16,21H,3-6,10-11H2,1-2H3. The van der Waals surface area contributed by atoms with Gasteiger partial charge in [0, 0.05) is 44.9 Å². The Bertz CT molecular complexity index is 892. The van der Waals surface area contributed by atoms with E-state index in [4.69, 9.17) is 4.74 Å². The van der Waals surface area contributed by atoms with E-state index >= 15 is 0 Å². The number of hydrogen-bond acceptors (Lipinski definition) is 6. The zero-order valence-electron chi connectivity index (χ0n) is 16.1. The third-order valence-corrected chi connectivity index (χ3v) is 6.01. The number of hydrogen-bond donors (Lipinski definition) is 1. The first-order chi connectivity index (χ1) is 13.5. The number of rotatable bonds is 5. The van der Waals surface area contributed by atoms with Crippen LogP contribution < -0.4 is 15.1 Å². The molecule has 1 N–H and O–H groups in total. The lowest BCUT2D eigenvalue weighted by Crippen LogP contribution is -2.51. The molecule has 2 fully saturated rings. The number of anilines is 1. The summed E-state index contributed by atoms with van der Waals surface area (Å²) in [5.41, 5.74) is 4.97.